The molecule has 1 aromatic carbocycles. The van der Waals surface area contributed by atoms with Gasteiger partial charge in [0, 0.05) is 18.3 Å². The summed E-state index contributed by atoms with van der Waals surface area (Å²) in [4.78, 5) is 0. The number of ether oxygens (including phenoxy) is 1. The van der Waals surface area contributed by atoms with E-state index in [-0.39, 0.29) is 0 Å². The summed E-state index contributed by atoms with van der Waals surface area (Å²) in [6.07, 6.45) is 3.74. The van der Waals surface area contributed by atoms with Crippen molar-refractivity contribution in [2.75, 3.05) is 18.1 Å². The third-order valence-electron chi connectivity index (χ3n) is 3.15. The number of benzene rings is 1. The van der Waals surface area contributed by atoms with Crippen LogP contribution in [0.4, 0.5) is 0 Å². The van der Waals surface area contributed by atoms with E-state index >= 15 is 0 Å². The Morgan fingerprint density at radius 3 is 2.83 bits per heavy atom. The summed E-state index contributed by atoms with van der Waals surface area (Å²) >= 11 is 2.07. The highest BCUT2D eigenvalue weighted by atomic mass is 32.2. The zero-order valence-corrected chi connectivity index (χ0v) is 12.0. The van der Waals surface area contributed by atoms with Crippen LogP contribution in [0.5, 0.6) is 5.75 Å². The summed E-state index contributed by atoms with van der Waals surface area (Å²) < 4.78 is 5.58. The first kappa shape index (κ1) is 13.8. The van der Waals surface area contributed by atoms with Crippen LogP contribution in [0.25, 0.3) is 0 Å². The number of rotatable bonds is 6. The van der Waals surface area contributed by atoms with Crippen LogP contribution < -0.4 is 10.1 Å². The van der Waals surface area contributed by atoms with Crippen molar-refractivity contribution in [3.8, 4) is 5.75 Å². The molecule has 1 saturated heterocycles. The Labute approximate surface area is 114 Å². The number of hydrogen-bond donors (Lipinski definition) is 1. The van der Waals surface area contributed by atoms with E-state index in [4.69, 9.17) is 4.74 Å². The molecule has 1 fully saturated rings. The molecule has 1 unspecified atom stereocenters. The molecule has 100 valence electrons. The van der Waals surface area contributed by atoms with Crippen molar-refractivity contribution in [3.63, 3.8) is 0 Å². The first-order valence-electron chi connectivity index (χ1n) is 6.91. The van der Waals surface area contributed by atoms with E-state index in [9.17, 15) is 0 Å². The van der Waals surface area contributed by atoms with Crippen LogP contribution in [0.15, 0.2) is 24.3 Å². The Balaban J connectivity index is 1.75. The molecule has 0 aromatic heterocycles. The van der Waals surface area contributed by atoms with Crippen molar-refractivity contribution in [1.82, 2.24) is 5.32 Å². The van der Waals surface area contributed by atoms with Gasteiger partial charge in [0.15, 0.2) is 0 Å². The molecule has 0 radical (unpaired) electrons. The van der Waals surface area contributed by atoms with Gasteiger partial charge >= 0.3 is 0 Å². The van der Waals surface area contributed by atoms with Crippen molar-refractivity contribution < 1.29 is 4.74 Å². The maximum absolute atomic E-state index is 5.58. The zero-order valence-electron chi connectivity index (χ0n) is 11.2. The molecule has 1 aliphatic rings. The van der Waals surface area contributed by atoms with Crippen LogP contribution in [0.3, 0.4) is 0 Å². The third-order valence-corrected chi connectivity index (χ3v) is 4.37. The quantitative estimate of drug-likeness (QED) is 0.851. The zero-order chi connectivity index (χ0) is 12.6. The van der Waals surface area contributed by atoms with Crippen molar-refractivity contribution >= 4 is 11.8 Å². The summed E-state index contributed by atoms with van der Waals surface area (Å²) in [5, 5.41) is 3.64. The normalized spacial score (nSPS) is 19.7. The van der Waals surface area contributed by atoms with Gasteiger partial charge in [0.1, 0.15) is 5.75 Å². The first-order valence-corrected chi connectivity index (χ1v) is 8.07. The summed E-state index contributed by atoms with van der Waals surface area (Å²) in [5.74, 6) is 3.58. The molecule has 18 heavy (non-hydrogen) atoms. The monoisotopic (exact) mass is 265 g/mol. The lowest BCUT2D eigenvalue weighted by Gasteiger charge is -2.22. The van der Waals surface area contributed by atoms with Gasteiger partial charge in [0.2, 0.25) is 0 Å². The van der Waals surface area contributed by atoms with E-state index in [0.29, 0.717) is 6.04 Å². The molecule has 0 spiro atoms. The summed E-state index contributed by atoms with van der Waals surface area (Å²) in [6.45, 7) is 3.90. The standard InChI is InChI=1S/C15H23NOS/c1-2-9-17-15-7-5-13(6-8-15)11-16-14-4-3-10-18-12-14/h5-8,14,16H,2-4,9-12H2,1H3. The van der Waals surface area contributed by atoms with Gasteiger partial charge in [-0.15, -0.1) is 0 Å². The van der Waals surface area contributed by atoms with Crippen LogP contribution in [0.2, 0.25) is 0 Å². The Morgan fingerprint density at radius 2 is 2.17 bits per heavy atom. The van der Waals surface area contributed by atoms with E-state index in [0.717, 1.165) is 25.3 Å². The highest BCUT2D eigenvalue weighted by Crippen LogP contribution is 2.18. The number of nitrogens with one attached hydrogen (secondary N) is 1. The van der Waals surface area contributed by atoms with Gasteiger partial charge in [0.25, 0.3) is 0 Å². The largest absolute Gasteiger partial charge is 0.494 e. The summed E-state index contributed by atoms with van der Waals surface area (Å²) in [7, 11) is 0. The molecule has 0 saturated carbocycles. The molecule has 2 nitrogen and oxygen atoms in total. The molecule has 0 aliphatic carbocycles. The average Bonchev–Trinajstić information content (AvgIpc) is 2.45. The van der Waals surface area contributed by atoms with E-state index in [1.54, 1.807) is 0 Å². The molecule has 1 aliphatic heterocycles. The number of thioether (sulfide) groups is 1. The van der Waals surface area contributed by atoms with Crippen molar-refractivity contribution in [3.05, 3.63) is 29.8 Å². The lowest BCUT2D eigenvalue weighted by Crippen LogP contribution is -2.33. The van der Waals surface area contributed by atoms with Crippen molar-refractivity contribution in [2.24, 2.45) is 0 Å². The topological polar surface area (TPSA) is 21.3 Å². The smallest absolute Gasteiger partial charge is 0.119 e. The summed E-state index contributed by atoms with van der Waals surface area (Å²) in [5.41, 5.74) is 1.34. The number of hydrogen-bond acceptors (Lipinski definition) is 3. The summed E-state index contributed by atoms with van der Waals surface area (Å²) in [6, 6.07) is 9.16. The molecule has 0 bridgehead atoms. The van der Waals surface area contributed by atoms with Gasteiger partial charge in [0.05, 0.1) is 6.61 Å². The van der Waals surface area contributed by atoms with Crippen LogP contribution in [0, 0.1) is 0 Å². The van der Waals surface area contributed by atoms with Gasteiger partial charge in [-0.2, -0.15) is 11.8 Å². The molecule has 1 aromatic rings. The fourth-order valence-corrected chi connectivity index (χ4v) is 3.19. The molecule has 1 atom stereocenters. The van der Waals surface area contributed by atoms with Gasteiger partial charge in [-0.3, -0.25) is 0 Å². The van der Waals surface area contributed by atoms with Crippen molar-refractivity contribution in [2.45, 2.75) is 38.8 Å². The maximum Gasteiger partial charge on any atom is 0.119 e. The SMILES string of the molecule is CCCOc1ccc(CNC2CCCSC2)cc1. The maximum atomic E-state index is 5.58. The first-order chi connectivity index (χ1) is 8.88. The molecule has 2 rings (SSSR count). The van der Waals surface area contributed by atoms with Crippen molar-refractivity contribution in [1.29, 1.82) is 0 Å². The lowest BCUT2D eigenvalue weighted by atomic mass is 10.1. The van der Waals surface area contributed by atoms with E-state index < -0.39 is 0 Å². The van der Waals surface area contributed by atoms with E-state index in [1.807, 2.05) is 0 Å². The fraction of sp³-hybridized carbons (Fsp3) is 0.600. The van der Waals surface area contributed by atoms with Crippen LogP contribution in [-0.4, -0.2) is 24.2 Å². The predicted octanol–water partition coefficient (Wildman–Crippen LogP) is 3.46. The van der Waals surface area contributed by atoms with Crippen LogP contribution >= 0.6 is 11.8 Å². The van der Waals surface area contributed by atoms with E-state index in [1.165, 1.54) is 29.9 Å². The van der Waals surface area contributed by atoms with Gasteiger partial charge < -0.3 is 10.1 Å². The van der Waals surface area contributed by atoms with Gasteiger partial charge in [-0.1, -0.05) is 19.1 Å². The highest BCUT2D eigenvalue weighted by molar-refractivity contribution is 7.99. The average molecular weight is 265 g/mol. The lowest BCUT2D eigenvalue weighted by molar-refractivity contribution is 0.317. The second kappa shape index (κ2) is 7.70. The van der Waals surface area contributed by atoms with Gasteiger partial charge in [-0.05, 0) is 42.7 Å². The Hall–Kier alpha value is -0.670. The molecule has 1 N–H and O–H groups in total. The Morgan fingerprint density at radius 1 is 1.33 bits per heavy atom. The predicted molar refractivity (Wildman–Crippen MR) is 79.4 cm³/mol. The second-order valence-corrected chi connectivity index (χ2v) is 5.94. The Kier molecular flexibility index (Phi) is 5.88. The molecule has 0 amide bonds. The van der Waals surface area contributed by atoms with E-state index in [2.05, 4.69) is 48.3 Å². The minimum atomic E-state index is 0.694. The molecular formula is C15H23NOS. The van der Waals surface area contributed by atoms with Gasteiger partial charge in [-0.25, -0.2) is 0 Å². The van der Waals surface area contributed by atoms with Crippen LogP contribution in [0.1, 0.15) is 31.7 Å². The van der Waals surface area contributed by atoms with Crippen LogP contribution in [-0.2, 0) is 6.54 Å². The molecule has 1 heterocycles. The molecule has 3 heteroatoms. The highest BCUT2D eigenvalue weighted by Gasteiger charge is 2.12. The minimum Gasteiger partial charge on any atom is -0.494 e. The third kappa shape index (κ3) is 4.54. The molecular weight excluding hydrogens is 242 g/mol. The minimum absolute atomic E-state index is 0.694. The Bertz CT molecular complexity index is 333. The second-order valence-electron chi connectivity index (χ2n) is 4.79. The fourth-order valence-electron chi connectivity index (χ4n) is 2.09.